The van der Waals surface area contributed by atoms with Crippen LogP contribution in [0, 0.1) is 17.8 Å². The predicted molar refractivity (Wildman–Crippen MR) is 145 cm³/mol. The third-order valence-electron chi connectivity index (χ3n) is 9.28. The quantitative estimate of drug-likeness (QED) is 0.510. The van der Waals surface area contributed by atoms with E-state index in [1.54, 1.807) is 0 Å². The van der Waals surface area contributed by atoms with Gasteiger partial charge in [-0.1, -0.05) is 0 Å². The van der Waals surface area contributed by atoms with E-state index in [0.29, 0.717) is 44.6 Å². The molecule has 0 aromatic heterocycles. The summed E-state index contributed by atoms with van der Waals surface area (Å²) in [6.07, 6.45) is 6.55. The van der Waals surface area contributed by atoms with Crippen LogP contribution in [0.4, 0.5) is 9.59 Å². The molecule has 39 heavy (non-hydrogen) atoms. The van der Waals surface area contributed by atoms with Crippen LogP contribution >= 0.6 is 0 Å². The summed E-state index contributed by atoms with van der Waals surface area (Å²) < 4.78 is 35.7. The van der Waals surface area contributed by atoms with Gasteiger partial charge in [-0.2, -0.15) is 4.31 Å². The number of carbonyl (C=O) groups is 3. The van der Waals surface area contributed by atoms with Gasteiger partial charge in [0.15, 0.2) is 0 Å². The zero-order valence-corrected chi connectivity index (χ0v) is 24.9. The molecule has 2 aliphatic heterocycles. The van der Waals surface area contributed by atoms with Crippen molar-refractivity contribution in [2.75, 3.05) is 46.1 Å². The molecule has 0 radical (unpaired) electrons. The van der Waals surface area contributed by atoms with Crippen molar-refractivity contribution in [3.05, 3.63) is 0 Å². The number of sulfonamides is 1. The lowest BCUT2D eigenvalue weighted by molar-refractivity contribution is -0.138. The summed E-state index contributed by atoms with van der Waals surface area (Å²) in [4.78, 5) is 44.4. The molecule has 12 heteroatoms. The highest BCUT2D eigenvalue weighted by Crippen LogP contribution is 2.44. The van der Waals surface area contributed by atoms with E-state index in [0.717, 1.165) is 44.9 Å². The highest BCUT2D eigenvalue weighted by atomic mass is 32.2. The van der Waals surface area contributed by atoms with Crippen LogP contribution in [-0.2, 0) is 24.3 Å². The number of fused-ring (bicyclic) bond motifs is 1. The van der Waals surface area contributed by atoms with Crippen molar-refractivity contribution in [3.8, 4) is 0 Å². The van der Waals surface area contributed by atoms with Crippen molar-refractivity contribution >= 4 is 28.1 Å². The van der Waals surface area contributed by atoms with Gasteiger partial charge in [0.05, 0.1) is 37.6 Å². The predicted octanol–water partition coefficient (Wildman–Crippen LogP) is 2.75. The van der Waals surface area contributed by atoms with Gasteiger partial charge in [0.2, 0.25) is 15.9 Å². The van der Waals surface area contributed by atoms with Crippen LogP contribution < -0.4 is 0 Å². The van der Waals surface area contributed by atoms with Crippen LogP contribution in [0.5, 0.6) is 0 Å². The van der Waals surface area contributed by atoms with Crippen LogP contribution in [0.15, 0.2) is 0 Å². The Morgan fingerprint density at radius 1 is 0.846 bits per heavy atom. The standard InChI is InChI=1S/C27H46N4O7S/c1-18(2)38-26(33)30-17-19(3)31(27(34)37-4)23-11-10-22(16-24(23)30)20-6-8-21(9-7-20)25(32)28-12-14-29(15-13-28)39(5,35)36/h18-24H,6-17H2,1-5H3/t19-,20?,21?,22?,23?,24?/m0/s1. The van der Waals surface area contributed by atoms with E-state index in [1.807, 2.05) is 35.5 Å². The molecule has 2 saturated heterocycles. The lowest BCUT2D eigenvalue weighted by Crippen LogP contribution is -2.67. The molecule has 3 unspecified atom stereocenters. The number of hydrogen-bond donors (Lipinski definition) is 0. The van der Waals surface area contributed by atoms with Gasteiger partial charge in [0.1, 0.15) is 0 Å². The zero-order valence-electron chi connectivity index (χ0n) is 24.1. The Hall–Kier alpha value is -2.08. The summed E-state index contributed by atoms with van der Waals surface area (Å²) in [6, 6.07) is -0.368. The van der Waals surface area contributed by atoms with Crippen molar-refractivity contribution in [2.45, 2.75) is 89.9 Å². The summed E-state index contributed by atoms with van der Waals surface area (Å²) in [6.45, 7) is 7.69. The fourth-order valence-electron chi connectivity index (χ4n) is 7.32. The lowest BCUT2D eigenvalue weighted by Gasteiger charge is -2.54. The molecule has 4 aliphatic rings. The van der Waals surface area contributed by atoms with E-state index in [-0.39, 0.29) is 48.2 Å². The second-order valence-corrected chi connectivity index (χ2v) is 14.1. The second kappa shape index (κ2) is 12.2. The molecule has 0 aromatic carbocycles. The number of rotatable bonds is 4. The van der Waals surface area contributed by atoms with Crippen LogP contribution in [0.25, 0.3) is 0 Å². The molecule has 0 aromatic rings. The van der Waals surface area contributed by atoms with Gasteiger partial charge in [-0.15, -0.1) is 0 Å². The summed E-state index contributed by atoms with van der Waals surface area (Å²) in [5.74, 6) is 1.04. The van der Waals surface area contributed by atoms with E-state index in [9.17, 15) is 22.8 Å². The maximum Gasteiger partial charge on any atom is 0.410 e. The number of nitrogens with zero attached hydrogens (tertiary/aromatic N) is 4. The summed E-state index contributed by atoms with van der Waals surface area (Å²) in [7, 11) is -1.82. The van der Waals surface area contributed by atoms with E-state index >= 15 is 0 Å². The van der Waals surface area contributed by atoms with Crippen LogP contribution in [0.3, 0.4) is 0 Å². The molecule has 0 bridgehead atoms. The maximum atomic E-state index is 13.2. The fourth-order valence-corrected chi connectivity index (χ4v) is 8.15. The Kier molecular flexibility index (Phi) is 9.35. The third-order valence-corrected chi connectivity index (χ3v) is 10.6. The van der Waals surface area contributed by atoms with Crippen LogP contribution in [0.2, 0.25) is 0 Å². The number of ether oxygens (including phenoxy) is 2. The molecule has 4 fully saturated rings. The molecular weight excluding hydrogens is 524 g/mol. The van der Waals surface area contributed by atoms with Crippen molar-refractivity contribution in [1.82, 2.24) is 19.0 Å². The molecule has 4 rings (SSSR count). The first-order valence-corrected chi connectivity index (χ1v) is 16.3. The van der Waals surface area contributed by atoms with Crippen LogP contribution in [-0.4, -0.2) is 116 Å². The van der Waals surface area contributed by atoms with Crippen LogP contribution in [0.1, 0.15) is 65.7 Å². The van der Waals surface area contributed by atoms with Gasteiger partial charge >= 0.3 is 12.2 Å². The van der Waals surface area contributed by atoms with Crippen molar-refractivity contribution in [2.24, 2.45) is 17.8 Å². The first-order valence-electron chi connectivity index (χ1n) is 14.5. The minimum atomic E-state index is -3.22. The van der Waals surface area contributed by atoms with Gasteiger partial charge in [0, 0.05) is 38.6 Å². The van der Waals surface area contributed by atoms with Gasteiger partial charge in [-0.05, 0) is 77.6 Å². The Morgan fingerprint density at radius 2 is 1.46 bits per heavy atom. The second-order valence-electron chi connectivity index (χ2n) is 12.1. The molecule has 3 amide bonds. The molecule has 222 valence electrons. The summed E-state index contributed by atoms with van der Waals surface area (Å²) in [5.41, 5.74) is 0. The molecule has 11 nitrogen and oxygen atoms in total. The molecule has 0 spiro atoms. The summed E-state index contributed by atoms with van der Waals surface area (Å²) >= 11 is 0. The van der Waals surface area contributed by atoms with E-state index in [2.05, 4.69) is 0 Å². The molecule has 4 atom stereocenters. The minimum Gasteiger partial charge on any atom is -0.453 e. The average Bonchev–Trinajstić information content (AvgIpc) is 2.91. The molecule has 2 saturated carbocycles. The Balaban J connectivity index is 1.37. The SMILES string of the molecule is COC(=O)N1C2CCC(C3CCC(C(=O)N4CCN(S(C)(=O)=O)CC4)CC3)CC2N(C(=O)OC(C)C)C[C@@H]1C. The normalized spacial score (nSPS) is 32.5. The van der Waals surface area contributed by atoms with E-state index < -0.39 is 10.0 Å². The number of piperazine rings is 2. The highest BCUT2D eigenvalue weighted by molar-refractivity contribution is 7.88. The van der Waals surface area contributed by atoms with Gasteiger partial charge < -0.3 is 19.3 Å². The minimum absolute atomic E-state index is 0.00904. The van der Waals surface area contributed by atoms with E-state index in [4.69, 9.17) is 9.47 Å². The molecule has 0 N–H and O–H groups in total. The lowest BCUT2D eigenvalue weighted by atomic mass is 9.68. The highest BCUT2D eigenvalue weighted by Gasteiger charge is 2.49. The number of methoxy groups -OCH3 is 1. The Bertz CT molecular complexity index is 1010. The smallest absolute Gasteiger partial charge is 0.410 e. The van der Waals surface area contributed by atoms with Crippen molar-refractivity contribution < 1.29 is 32.3 Å². The number of amides is 3. The van der Waals surface area contributed by atoms with Gasteiger partial charge in [0.25, 0.3) is 0 Å². The van der Waals surface area contributed by atoms with Gasteiger partial charge in [-0.3, -0.25) is 9.69 Å². The maximum absolute atomic E-state index is 13.2. The zero-order chi connectivity index (χ0) is 28.5. The largest absolute Gasteiger partial charge is 0.453 e. The average molecular weight is 571 g/mol. The van der Waals surface area contributed by atoms with Gasteiger partial charge in [-0.25, -0.2) is 18.0 Å². The van der Waals surface area contributed by atoms with Crippen molar-refractivity contribution in [3.63, 3.8) is 0 Å². The monoisotopic (exact) mass is 570 g/mol. The first kappa shape index (κ1) is 29.9. The number of carbonyl (C=O) groups excluding carboxylic acids is 3. The summed E-state index contributed by atoms with van der Waals surface area (Å²) in [5, 5.41) is 0. The number of hydrogen-bond acceptors (Lipinski definition) is 7. The first-order chi connectivity index (χ1) is 18.4. The topological polar surface area (TPSA) is 117 Å². The Morgan fingerprint density at radius 3 is 2.03 bits per heavy atom. The fraction of sp³-hybridized carbons (Fsp3) is 0.889. The van der Waals surface area contributed by atoms with E-state index in [1.165, 1.54) is 17.7 Å². The van der Waals surface area contributed by atoms with Crippen molar-refractivity contribution in [1.29, 1.82) is 0 Å². The molecule has 2 aliphatic carbocycles. The Labute approximate surface area is 233 Å². The molecule has 2 heterocycles. The third kappa shape index (κ3) is 6.64. The molecular formula is C27H46N4O7S.